The Morgan fingerprint density at radius 3 is 2.67 bits per heavy atom. The Morgan fingerprint density at radius 2 is 2.00 bits per heavy atom. The molecule has 2 fully saturated rings. The molecule has 1 unspecified atom stereocenters. The van der Waals surface area contributed by atoms with E-state index >= 15 is 0 Å². The van der Waals surface area contributed by atoms with Gasteiger partial charge in [-0.25, -0.2) is 4.79 Å². The lowest BCUT2D eigenvalue weighted by Gasteiger charge is -2.17. The summed E-state index contributed by atoms with van der Waals surface area (Å²) in [6.45, 7) is 5.66. The molecular formula is C15H22N2O4. The van der Waals surface area contributed by atoms with Crippen LogP contribution in [0.15, 0.2) is 0 Å². The maximum Gasteiger partial charge on any atom is 0.506 e. The summed E-state index contributed by atoms with van der Waals surface area (Å²) >= 11 is 0. The van der Waals surface area contributed by atoms with Crippen LogP contribution in [-0.2, 0) is 9.53 Å². The highest BCUT2D eigenvalue weighted by Gasteiger charge is 2.36. The molecule has 1 amide bonds. The molecule has 2 heterocycles. The summed E-state index contributed by atoms with van der Waals surface area (Å²) in [5.41, 5.74) is 0. The lowest BCUT2D eigenvalue weighted by atomic mass is 10.0. The van der Waals surface area contributed by atoms with Gasteiger partial charge in [0.15, 0.2) is 0 Å². The van der Waals surface area contributed by atoms with Crippen molar-refractivity contribution >= 4 is 12.1 Å². The fourth-order valence-electron chi connectivity index (χ4n) is 2.86. The fourth-order valence-corrected chi connectivity index (χ4v) is 2.86. The first-order valence-corrected chi connectivity index (χ1v) is 7.44. The van der Waals surface area contributed by atoms with Gasteiger partial charge in [0.25, 0.3) is 0 Å². The first-order valence-electron chi connectivity index (χ1n) is 7.44. The average molecular weight is 294 g/mol. The van der Waals surface area contributed by atoms with Crippen LogP contribution in [0.4, 0.5) is 4.79 Å². The number of hydrogen-bond donors (Lipinski definition) is 1. The predicted octanol–water partition coefficient (Wildman–Crippen LogP) is 1.02. The Morgan fingerprint density at radius 1 is 1.33 bits per heavy atom. The SMILES string of the molecule is CC(OC(=O)O)[C@@H]1CCN(CC#CCN2CCCC2)C1=O. The third kappa shape index (κ3) is 4.36. The number of hydrogen-bond acceptors (Lipinski definition) is 4. The molecule has 0 spiro atoms. The van der Waals surface area contributed by atoms with Crippen LogP contribution in [0.5, 0.6) is 0 Å². The zero-order valence-electron chi connectivity index (χ0n) is 12.4. The molecule has 2 aliphatic heterocycles. The number of carboxylic acid groups (broad SMARTS) is 1. The van der Waals surface area contributed by atoms with Crippen molar-refractivity contribution in [2.24, 2.45) is 5.92 Å². The van der Waals surface area contributed by atoms with E-state index in [1.807, 2.05) is 0 Å². The van der Waals surface area contributed by atoms with E-state index < -0.39 is 12.3 Å². The lowest BCUT2D eigenvalue weighted by molar-refractivity contribution is -0.133. The second-order valence-electron chi connectivity index (χ2n) is 5.58. The predicted molar refractivity (Wildman–Crippen MR) is 76.7 cm³/mol. The number of nitrogens with zero attached hydrogens (tertiary/aromatic N) is 2. The van der Waals surface area contributed by atoms with Crippen LogP contribution >= 0.6 is 0 Å². The number of rotatable bonds is 4. The molecule has 6 nitrogen and oxygen atoms in total. The van der Waals surface area contributed by atoms with Gasteiger partial charge < -0.3 is 14.7 Å². The van der Waals surface area contributed by atoms with Crippen molar-refractivity contribution in [2.75, 3.05) is 32.7 Å². The topological polar surface area (TPSA) is 70.1 Å². The van der Waals surface area contributed by atoms with E-state index in [9.17, 15) is 9.59 Å². The Bertz CT molecular complexity index is 448. The fraction of sp³-hybridized carbons (Fsp3) is 0.733. The molecule has 1 N–H and O–H groups in total. The van der Waals surface area contributed by atoms with Crippen molar-refractivity contribution in [1.82, 2.24) is 9.80 Å². The number of likely N-dealkylation sites (tertiary alicyclic amines) is 2. The molecule has 0 saturated carbocycles. The minimum Gasteiger partial charge on any atom is -0.450 e. The molecule has 6 heteroatoms. The van der Waals surface area contributed by atoms with Gasteiger partial charge in [-0.1, -0.05) is 11.8 Å². The normalized spacial score (nSPS) is 23.8. The summed E-state index contributed by atoms with van der Waals surface area (Å²) in [7, 11) is 0. The van der Waals surface area contributed by atoms with Crippen molar-refractivity contribution in [3.8, 4) is 11.8 Å². The smallest absolute Gasteiger partial charge is 0.450 e. The van der Waals surface area contributed by atoms with E-state index in [1.165, 1.54) is 12.8 Å². The minimum absolute atomic E-state index is 0.0563. The van der Waals surface area contributed by atoms with Crippen LogP contribution in [0.1, 0.15) is 26.2 Å². The van der Waals surface area contributed by atoms with Crippen molar-refractivity contribution in [3.63, 3.8) is 0 Å². The van der Waals surface area contributed by atoms with E-state index in [0.29, 0.717) is 19.5 Å². The summed E-state index contributed by atoms with van der Waals surface area (Å²) in [5.74, 6) is 5.72. The molecule has 2 aliphatic rings. The Labute approximate surface area is 125 Å². The number of carbonyl (C=O) groups is 2. The highest BCUT2D eigenvalue weighted by atomic mass is 16.7. The van der Waals surface area contributed by atoms with E-state index in [-0.39, 0.29) is 11.8 Å². The average Bonchev–Trinajstić information content (AvgIpc) is 3.04. The standard InChI is InChI=1S/C15H22N2O4/c1-12(21-15(19)20)13-6-11-17(14(13)18)10-5-4-9-16-7-2-3-8-16/h12-13H,2-3,6-11H2,1H3,(H,19,20)/t12?,13-/m0/s1. The van der Waals surface area contributed by atoms with E-state index in [2.05, 4.69) is 21.5 Å². The van der Waals surface area contributed by atoms with Crippen molar-refractivity contribution in [3.05, 3.63) is 0 Å². The van der Waals surface area contributed by atoms with Gasteiger partial charge in [-0.2, -0.15) is 0 Å². The first-order chi connectivity index (χ1) is 10.1. The molecule has 116 valence electrons. The second-order valence-corrected chi connectivity index (χ2v) is 5.58. The van der Waals surface area contributed by atoms with Gasteiger partial charge in [0, 0.05) is 6.54 Å². The van der Waals surface area contributed by atoms with E-state index in [1.54, 1.807) is 11.8 Å². The van der Waals surface area contributed by atoms with Gasteiger partial charge in [-0.05, 0) is 39.3 Å². The Kier molecular flexibility index (Phi) is 5.45. The molecule has 21 heavy (non-hydrogen) atoms. The summed E-state index contributed by atoms with van der Waals surface area (Å²) in [6.07, 6.45) is 1.18. The number of ether oxygens (including phenoxy) is 1. The van der Waals surface area contributed by atoms with Gasteiger partial charge in [0.2, 0.25) is 5.91 Å². The van der Waals surface area contributed by atoms with Crippen molar-refractivity contribution < 1.29 is 19.4 Å². The molecule has 2 atom stereocenters. The molecule has 0 bridgehead atoms. The van der Waals surface area contributed by atoms with E-state index in [4.69, 9.17) is 5.11 Å². The maximum atomic E-state index is 12.2. The number of amides is 1. The molecule has 0 aromatic heterocycles. The summed E-state index contributed by atoms with van der Waals surface area (Å²) in [5, 5.41) is 8.60. The zero-order chi connectivity index (χ0) is 15.2. The van der Waals surface area contributed by atoms with Gasteiger partial charge >= 0.3 is 6.16 Å². The third-order valence-electron chi connectivity index (χ3n) is 4.09. The highest BCUT2D eigenvalue weighted by molar-refractivity contribution is 5.82. The quantitative estimate of drug-likeness (QED) is 0.619. The number of carbonyl (C=O) groups excluding carboxylic acids is 1. The Balaban J connectivity index is 1.76. The van der Waals surface area contributed by atoms with Crippen LogP contribution in [-0.4, -0.2) is 65.8 Å². The summed E-state index contributed by atoms with van der Waals surface area (Å²) < 4.78 is 4.67. The molecule has 0 aromatic carbocycles. The second kappa shape index (κ2) is 7.32. The summed E-state index contributed by atoms with van der Waals surface area (Å²) in [4.78, 5) is 26.7. The van der Waals surface area contributed by atoms with Crippen LogP contribution in [0, 0.1) is 17.8 Å². The van der Waals surface area contributed by atoms with Gasteiger partial charge in [0.05, 0.1) is 19.0 Å². The molecule has 0 aromatic rings. The first kappa shape index (κ1) is 15.6. The highest BCUT2D eigenvalue weighted by Crippen LogP contribution is 2.23. The van der Waals surface area contributed by atoms with Crippen LogP contribution in [0.25, 0.3) is 0 Å². The molecule has 2 saturated heterocycles. The summed E-state index contributed by atoms with van der Waals surface area (Å²) in [6, 6.07) is 0. The largest absolute Gasteiger partial charge is 0.506 e. The third-order valence-corrected chi connectivity index (χ3v) is 4.09. The van der Waals surface area contributed by atoms with Crippen LogP contribution in [0.3, 0.4) is 0 Å². The lowest BCUT2D eigenvalue weighted by Crippen LogP contribution is -2.33. The molecule has 0 radical (unpaired) electrons. The molecular weight excluding hydrogens is 272 g/mol. The maximum absolute atomic E-state index is 12.2. The zero-order valence-corrected chi connectivity index (χ0v) is 12.4. The van der Waals surface area contributed by atoms with Gasteiger partial charge in [-0.3, -0.25) is 9.69 Å². The van der Waals surface area contributed by atoms with Crippen LogP contribution < -0.4 is 0 Å². The van der Waals surface area contributed by atoms with Gasteiger partial charge in [-0.15, -0.1) is 0 Å². The van der Waals surface area contributed by atoms with Crippen LogP contribution in [0.2, 0.25) is 0 Å². The monoisotopic (exact) mass is 294 g/mol. The van der Waals surface area contributed by atoms with Crippen molar-refractivity contribution in [2.45, 2.75) is 32.3 Å². The minimum atomic E-state index is -1.33. The Hall–Kier alpha value is -1.74. The molecule has 0 aliphatic carbocycles. The molecule has 2 rings (SSSR count). The van der Waals surface area contributed by atoms with Crippen molar-refractivity contribution in [1.29, 1.82) is 0 Å². The van der Waals surface area contributed by atoms with Gasteiger partial charge in [0.1, 0.15) is 6.10 Å². The van der Waals surface area contributed by atoms with E-state index in [0.717, 1.165) is 19.6 Å².